The molecule has 4 heteroatoms. The van der Waals surface area contributed by atoms with Gasteiger partial charge in [-0.3, -0.25) is 4.79 Å². The summed E-state index contributed by atoms with van der Waals surface area (Å²) in [5.41, 5.74) is 6.76. The highest BCUT2D eigenvalue weighted by Gasteiger charge is 2.25. The van der Waals surface area contributed by atoms with Crippen LogP contribution in [-0.4, -0.2) is 18.1 Å². The number of hydrogen-bond acceptors (Lipinski definition) is 3. The van der Waals surface area contributed by atoms with Crippen LogP contribution in [0, 0.1) is 11.3 Å². The minimum absolute atomic E-state index is 0.151. The molecule has 1 aliphatic rings. The van der Waals surface area contributed by atoms with Crippen LogP contribution in [0.1, 0.15) is 51.7 Å². The summed E-state index contributed by atoms with van der Waals surface area (Å²) in [5, 5.41) is 4.38. The molecule has 0 bridgehead atoms. The third kappa shape index (κ3) is 4.58. The molecule has 1 heterocycles. The molecule has 1 aliphatic carbocycles. The van der Waals surface area contributed by atoms with Gasteiger partial charge in [-0.2, -0.15) is 0 Å². The number of aryl methyl sites for hydroxylation is 1. The Morgan fingerprint density at radius 2 is 1.81 bits per heavy atom. The van der Waals surface area contributed by atoms with E-state index in [9.17, 15) is 4.79 Å². The molecule has 0 aliphatic heterocycles. The molecule has 4 rings (SSSR count). The molecular formula is C27H32N2O2. The van der Waals surface area contributed by atoms with Gasteiger partial charge in [0.1, 0.15) is 5.69 Å². The van der Waals surface area contributed by atoms with Crippen molar-refractivity contribution < 1.29 is 9.32 Å². The third-order valence-corrected chi connectivity index (χ3v) is 6.08. The number of carbonyl (C=O) groups excluding carboxylic acids is 1. The van der Waals surface area contributed by atoms with Crippen LogP contribution < -0.4 is 4.90 Å². The van der Waals surface area contributed by atoms with Crippen LogP contribution >= 0.6 is 0 Å². The molecular weight excluding hydrogens is 384 g/mol. The van der Waals surface area contributed by atoms with Gasteiger partial charge in [-0.05, 0) is 60.4 Å². The van der Waals surface area contributed by atoms with Crippen molar-refractivity contribution in [1.82, 2.24) is 5.16 Å². The number of fused-ring (bicyclic) bond motifs is 3. The molecule has 0 saturated heterocycles. The first kappa shape index (κ1) is 21.4. The molecule has 1 amide bonds. The first-order valence-electron chi connectivity index (χ1n) is 11.2. The minimum atomic E-state index is 0.151. The van der Waals surface area contributed by atoms with Crippen LogP contribution in [-0.2, 0) is 17.6 Å². The van der Waals surface area contributed by atoms with E-state index in [1.165, 1.54) is 16.7 Å². The van der Waals surface area contributed by atoms with Gasteiger partial charge < -0.3 is 9.42 Å². The van der Waals surface area contributed by atoms with E-state index in [-0.39, 0.29) is 11.3 Å². The van der Waals surface area contributed by atoms with E-state index in [0.717, 1.165) is 42.0 Å². The summed E-state index contributed by atoms with van der Waals surface area (Å²) in [6.07, 6.45) is 3.52. The average molecular weight is 417 g/mol. The molecule has 0 spiro atoms. The molecule has 1 atom stereocenters. The SMILES string of the molecule is C[C@H](CC(=O)N(C)c1ccc(-c2onc3c2CCc2ccccc2-3)cc1)CC(C)(C)C. The molecule has 0 N–H and O–H groups in total. The van der Waals surface area contributed by atoms with Gasteiger partial charge in [-0.15, -0.1) is 0 Å². The lowest BCUT2D eigenvalue weighted by molar-refractivity contribution is -0.119. The second-order valence-corrected chi connectivity index (χ2v) is 10.1. The molecule has 162 valence electrons. The summed E-state index contributed by atoms with van der Waals surface area (Å²) in [5.74, 6) is 1.35. The fourth-order valence-corrected chi connectivity index (χ4v) is 4.74. The highest BCUT2D eigenvalue weighted by molar-refractivity contribution is 5.93. The Hall–Kier alpha value is -2.88. The molecule has 31 heavy (non-hydrogen) atoms. The van der Waals surface area contributed by atoms with E-state index in [4.69, 9.17) is 4.52 Å². The summed E-state index contributed by atoms with van der Waals surface area (Å²) >= 11 is 0. The quantitative estimate of drug-likeness (QED) is 0.475. The Bertz CT molecular complexity index is 1070. The Kier molecular flexibility index (Phi) is 5.74. The van der Waals surface area contributed by atoms with Gasteiger partial charge in [0, 0.05) is 35.8 Å². The maximum absolute atomic E-state index is 12.8. The normalized spacial score (nSPS) is 14.0. The zero-order chi connectivity index (χ0) is 22.2. The maximum atomic E-state index is 12.8. The Balaban J connectivity index is 1.50. The number of nitrogens with zero attached hydrogens (tertiary/aromatic N) is 2. The lowest BCUT2D eigenvalue weighted by Gasteiger charge is -2.25. The van der Waals surface area contributed by atoms with Gasteiger partial charge in [0.15, 0.2) is 5.76 Å². The highest BCUT2D eigenvalue weighted by atomic mass is 16.5. The van der Waals surface area contributed by atoms with Crippen LogP contribution in [0.4, 0.5) is 5.69 Å². The van der Waals surface area contributed by atoms with E-state index in [1.54, 1.807) is 4.90 Å². The van der Waals surface area contributed by atoms with E-state index in [1.807, 2.05) is 37.4 Å². The monoisotopic (exact) mass is 416 g/mol. The molecule has 0 saturated carbocycles. The highest BCUT2D eigenvalue weighted by Crippen LogP contribution is 2.38. The molecule has 4 nitrogen and oxygen atoms in total. The maximum Gasteiger partial charge on any atom is 0.226 e. The van der Waals surface area contributed by atoms with Crippen molar-refractivity contribution >= 4 is 11.6 Å². The van der Waals surface area contributed by atoms with Crippen molar-refractivity contribution in [2.45, 2.75) is 53.4 Å². The van der Waals surface area contributed by atoms with Crippen molar-refractivity contribution in [3.63, 3.8) is 0 Å². The Morgan fingerprint density at radius 1 is 1.10 bits per heavy atom. The first-order valence-corrected chi connectivity index (χ1v) is 11.2. The van der Waals surface area contributed by atoms with Gasteiger partial charge in [0.2, 0.25) is 5.91 Å². The second kappa shape index (κ2) is 8.33. The minimum Gasteiger partial charge on any atom is -0.355 e. The van der Waals surface area contributed by atoms with Crippen molar-refractivity contribution in [3.05, 3.63) is 59.7 Å². The smallest absolute Gasteiger partial charge is 0.226 e. The summed E-state index contributed by atoms with van der Waals surface area (Å²) in [6.45, 7) is 8.82. The zero-order valence-electron chi connectivity index (χ0n) is 19.2. The fraction of sp³-hybridized carbons (Fsp3) is 0.407. The van der Waals surface area contributed by atoms with Crippen LogP contribution in [0.3, 0.4) is 0 Å². The largest absolute Gasteiger partial charge is 0.355 e. The van der Waals surface area contributed by atoms with Crippen LogP contribution in [0.2, 0.25) is 0 Å². The predicted molar refractivity (Wildman–Crippen MR) is 126 cm³/mol. The molecule has 3 aromatic rings. The number of benzene rings is 2. The van der Waals surface area contributed by atoms with Gasteiger partial charge in [-0.1, -0.05) is 57.1 Å². The van der Waals surface area contributed by atoms with E-state index >= 15 is 0 Å². The van der Waals surface area contributed by atoms with Crippen molar-refractivity contribution in [1.29, 1.82) is 0 Å². The van der Waals surface area contributed by atoms with Crippen LogP contribution in [0.5, 0.6) is 0 Å². The molecule has 2 aromatic carbocycles. The lowest BCUT2D eigenvalue weighted by Crippen LogP contribution is -2.28. The van der Waals surface area contributed by atoms with Crippen molar-refractivity contribution in [2.75, 3.05) is 11.9 Å². The fourth-order valence-electron chi connectivity index (χ4n) is 4.74. The van der Waals surface area contributed by atoms with E-state index < -0.39 is 0 Å². The first-order chi connectivity index (χ1) is 14.7. The van der Waals surface area contributed by atoms with Crippen LogP contribution in [0.15, 0.2) is 53.1 Å². The Labute approximate surface area is 185 Å². The number of carbonyl (C=O) groups is 1. The second-order valence-electron chi connectivity index (χ2n) is 10.1. The Morgan fingerprint density at radius 3 is 2.52 bits per heavy atom. The van der Waals surface area contributed by atoms with Gasteiger partial charge in [0.25, 0.3) is 0 Å². The number of aromatic nitrogens is 1. The number of amides is 1. The summed E-state index contributed by atoms with van der Waals surface area (Å²) in [4.78, 5) is 14.5. The van der Waals surface area contributed by atoms with E-state index in [2.05, 4.69) is 51.1 Å². The molecule has 1 aromatic heterocycles. The third-order valence-electron chi connectivity index (χ3n) is 6.08. The zero-order valence-corrected chi connectivity index (χ0v) is 19.2. The number of anilines is 1. The van der Waals surface area contributed by atoms with Crippen LogP contribution in [0.25, 0.3) is 22.6 Å². The van der Waals surface area contributed by atoms with Gasteiger partial charge in [0.05, 0.1) is 0 Å². The molecule has 0 unspecified atom stereocenters. The van der Waals surface area contributed by atoms with Crippen molar-refractivity contribution in [2.24, 2.45) is 11.3 Å². The number of hydrogen-bond donors (Lipinski definition) is 0. The molecule has 0 fully saturated rings. The lowest BCUT2D eigenvalue weighted by atomic mass is 9.84. The standard InChI is InChI=1S/C27H32N2O2/c1-18(17-27(2,3)4)16-24(30)29(5)21-13-10-20(11-14-21)26-23-15-12-19-8-6-7-9-22(19)25(23)28-31-26/h6-11,13-14,18H,12,15-17H2,1-5H3/t18-/m1/s1. The predicted octanol–water partition coefficient (Wildman–Crippen LogP) is 6.53. The van der Waals surface area contributed by atoms with Crippen molar-refractivity contribution in [3.8, 4) is 22.6 Å². The number of rotatable bonds is 5. The molecule has 0 radical (unpaired) electrons. The summed E-state index contributed by atoms with van der Waals surface area (Å²) < 4.78 is 5.78. The van der Waals surface area contributed by atoms with Gasteiger partial charge in [-0.25, -0.2) is 0 Å². The summed E-state index contributed by atoms with van der Waals surface area (Å²) in [6, 6.07) is 16.4. The van der Waals surface area contributed by atoms with Gasteiger partial charge >= 0.3 is 0 Å². The topological polar surface area (TPSA) is 46.3 Å². The van der Waals surface area contributed by atoms with E-state index in [0.29, 0.717) is 12.3 Å². The summed E-state index contributed by atoms with van der Waals surface area (Å²) in [7, 11) is 1.86. The average Bonchev–Trinajstić information content (AvgIpc) is 3.16.